The van der Waals surface area contributed by atoms with Gasteiger partial charge in [-0.3, -0.25) is 0 Å². The Hall–Kier alpha value is -1.86. The number of hydrogen-bond donors (Lipinski definition) is 1. The second kappa shape index (κ2) is 3.51. The first kappa shape index (κ1) is 8.24. The first-order valence-corrected chi connectivity index (χ1v) is 3.57. The minimum absolute atomic E-state index is 0.799. The summed E-state index contributed by atoms with van der Waals surface area (Å²) in [5.74, 6) is 5.13. The van der Waals surface area contributed by atoms with Gasteiger partial charge < -0.3 is 5.32 Å². The van der Waals surface area contributed by atoms with E-state index in [4.69, 9.17) is 12.8 Å². The first-order valence-electron chi connectivity index (χ1n) is 3.57. The minimum Gasteiger partial charge on any atom is -0.386 e. The van der Waals surface area contributed by atoms with Crippen LogP contribution < -0.4 is 5.32 Å². The maximum atomic E-state index is 5.29. The molecule has 1 heteroatoms. The van der Waals surface area contributed by atoms with E-state index in [-0.39, 0.29) is 0 Å². The fraction of sp³-hybridized carbons (Fsp3) is 0.0909. The lowest BCUT2D eigenvalue weighted by atomic mass is 10.1. The smallest absolute Gasteiger partial charge is 0.0655 e. The lowest BCUT2D eigenvalue weighted by Gasteiger charge is -2.05. The van der Waals surface area contributed by atoms with E-state index in [9.17, 15) is 0 Å². The molecular formula is C11H9N. The molecule has 1 rings (SSSR count). The molecule has 1 aromatic carbocycles. The van der Waals surface area contributed by atoms with Crippen LogP contribution in [0.25, 0.3) is 0 Å². The predicted octanol–water partition coefficient (Wildman–Crippen LogP) is 1.69. The number of rotatable bonds is 1. The summed E-state index contributed by atoms with van der Waals surface area (Å²) >= 11 is 0. The predicted molar refractivity (Wildman–Crippen MR) is 51.9 cm³/mol. The molecular weight excluding hydrogens is 146 g/mol. The Morgan fingerprint density at radius 3 is 2.00 bits per heavy atom. The lowest BCUT2D eigenvalue weighted by molar-refractivity contribution is 1.47. The van der Waals surface area contributed by atoms with Gasteiger partial charge in [0.25, 0.3) is 0 Å². The van der Waals surface area contributed by atoms with Crippen LogP contribution in [0.4, 0.5) is 5.69 Å². The van der Waals surface area contributed by atoms with Crippen molar-refractivity contribution in [2.45, 2.75) is 0 Å². The molecule has 0 aliphatic carbocycles. The van der Waals surface area contributed by atoms with Crippen molar-refractivity contribution in [3.8, 4) is 24.7 Å². The summed E-state index contributed by atoms with van der Waals surface area (Å²) in [5.41, 5.74) is 2.45. The van der Waals surface area contributed by atoms with E-state index in [2.05, 4.69) is 17.2 Å². The average Bonchev–Trinajstić information content (AvgIpc) is 2.16. The van der Waals surface area contributed by atoms with Crippen molar-refractivity contribution < 1.29 is 0 Å². The van der Waals surface area contributed by atoms with E-state index in [0.29, 0.717) is 0 Å². The quantitative estimate of drug-likeness (QED) is 0.608. The van der Waals surface area contributed by atoms with Crippen LogP contribution in [0.3, 0.4) is 0 Å². The Morgan fingerprint density at radius 2 is 1.67 bits per heavy atom. The zero-order chi connectivity index (χ0) is 8.97. The van der Waals surface area contributed by atoms with Crippen molar-refractivity contribution in [2.24, 2.45) is 0 Å². The van der Waals surface area contributed by atoms with Crippen LogP contribution in [0, 0.1) is 24.7 Å². The van der Waals surface area contributed by atoms with Crippen molar-refractivity contribution in [2.75, 3.05) is 12.4 Å². The van der Waals surface area contributed by atoms with Crippen molar-refractivity contribution in [1.82, 2.24) is 0 Å². The summed E-state index contributed by atoms with van der Waals surface area (Å²) in [6.45, 7) is 0. The Balaban J connectivity index is 3.37. The molecule has 58 valence electrons. The van der Waals surface area contributed by atoms with Crippen LogP contribution in [-0.4, -0.2) is 7.05 Å². The van der Waals surface area contributed by atoms with Gasteiger partial charge in [-0.25, -0.2) is 0 Å². The topological polar surface area (TPSA) is 12.0 Å². The van der Waals surface area contributed by atoms with E-state index in [1.807, 2.05) is 18.2 Å². The molecule has 0 saturated carbocycles. The molecule has 0 spiro atoms. The monoisotopic (exact) mass is 155 g/mol. The molecule has 0 bridgehead atoms. The summed E-state index contributed by atoms with van der Waals surface area (Å²) in [7, 11) is 1.80. The fourth-order valence-electron chi connectivity index (χ4n) is 1.06. The van der Waals surface area contributed by atoms with Crippen molar-refractivity contribution in [3.63, 3.8) is 0 Å². The third-order valence-corrected chi connectivity index (χ3v) is 1.63. The highest BCUT2D eigenvalue weighted by Gasteiger charge is 2.01. The molecule has 0 aliphatic heterocycles. The fourth-order valence-corrected chi connectivity index (χ4v) is 1.06. The zero-order valence-corrected chi connectivity index (χ0v) is 6.89. The minimum atomic E-state index is 0.799. The maximum absolute atomic E-state index is 5.29. The summed E-state index contributed by atoms with van der Waals surface area (Å²) in [5, 5.41) is 2.98. The average molecular weight is 155 g/mol. The van der Waals surface area contributed by atoms with Crippen LogP contribution in [0.5, 0.6) is 0 Å². The van der Waals surface area contributed by atoms with Gasteiger partial charge in [-0.2, -0.15) is 0 Å². The van der Waals surface area contributed by atoms with Crippen LogP contribution in [-0.2, 0) is 0 Å². The van der Waals surface area contributed by atoms with Gasteiger partial charge in [-0.05, 0) is 12.1 Å². The van der Waals surface area contributed by atoms with E-state index in [1.54, 1.807) is 7.05 Å². The van der Waals surface area contributed by atoms with Gasteiger partial charge in [-0.15, -0.1) is 12.8 Å². The van der Waals surface area contributed by atoms with Gasteiger partial charge in [0.2, 0.25) is 0 Å². The van der Waals surface area contributed by atoms with Gasteiger partial charge in [0.1, 0.15) is 0 Å². The molecule has 1 nitrogen and oxygen atoms in total. The Bertz CT molecular complexity index is 331. The highest BCUT2D eigenvalue weighted by molar-refractivity contribution is 5.67. The van der Waals surface area contributed by atoms with Gasteiger partial charge in [0.05, 0.1) is 5.69 Å². The molecule has 0 unspecified atom stereocenters. The van der Waals surface area contributed by atoms with Crippen molar-refractivity contribution in [3.05, 3.63) is 29.3 Å². The van der Waals surface area contributed by atoms with Gasteiger partial charge in [0.15, 0.2) is 0 Å². The maximum Gasteiger partial charge on any atom is 0.0655 e. The molecule has 1 aromatic rings. The Labute approximate surface area is 72.8 Å². The largest absolute Gasteiger partial charge is 0.386 e. The molecule has 0 amide bonds. The number of terminal acetylenes is 2. The molecule has 12 heavy (non-hydrogen) atoms. The van der Waals surface area contributed by atoms with Crippen LogP contribution in [0.2, 0.25) is 0 Å². The molecule has 0 radical (unpaired) electrons. The van der Waals surface area contributed by atoms with Crippen LogP contribution in [0.15, 0.2) is 18.2 Å². The molecule has 0 aromatic heterocycles. The lowest BCUT2D eigenvalue weighted by Crippen LogP contribution is -1.95. The number of benzene rings is 1. The van der Waals surface area contributed by atoms with E-state index in [1.165, 1.54) is 0 Å². The summed E-state index contributed by atoms with van der Waals surface area (Å²) in [6.07, 6.45) is 10.6. The van der Waals surface area contributed by atoms with Gasteiger partial charge in [-0.1, -0.05) is 17.9 Å². The molecule has 1 N–H and O–H groups in total. The zero-order valence-electron chi connectivity index (χ0n) is 6.89. The number of hydrogen-bond acceptors (Lipinski definition) is 1. The summed E-state index contributed by atoms with van der Waals surface area (Å²) in [6, 6.07) is 5.56. The number of nitrogens with one attached hydrogen (secondary N) is 1. The van der Waals surface area contributed by atoms with Crippen LogP contribution in [0.1, 0.15) is 11.1 Å². The third-order valence-electron chi connectivity index (χ3n) is 1.63. The highest BCUT2D eigenvalue weighted by Crippen LogP contribution is 2.18. The Kier molecular flexibility index (Phi) is 2.41. The van der Waals surface area contributed by atoms with Crippen molar-refractivity contribution >= 4 is 5.69 Å². The van der Waals surface area contributed by atoms with E-state index >= 15 is 0 Å². The molecule has 0 saturated heterocycles. The van der Waals surface area contributed by atoms with Gasteiger partial charge >= 0.3 is 0 Å². The SMILES string of the molecule is C#Cc1cccc(C#C)c1NC. The molecule has 0 heterocycles. The highest BCUT2D eigenvalue weighted by atomic mass is 14.8. The van der Waals surface area contributed by atoms with E-state index < -0.39 is 0 Å². The standard InChI is InChI=1S/C11H9N/c1-4-9-7-6-8-10(5-2)11(9)12-3/h1-2,6-8,12H,3H3. The first-order chi connectivity index (χ1) is 5.83. The normalized spacial score (nSPS) is 8.25. The van der Waals surface area contributed by atoms with Crippen molar-refractivity contribution in [1.29, 1.82) is 0 Å². The third kappa shape index (κ3) is 1.26. The second-order valence-corrected chi connectivity index (χ2v) is 2.27. The molecule has 0 aliphatic rings. The second-order valence-electron chi connectivity index (χ2n) is 2.27. The summed E-state index contributed by atoms with van der Waals surface area (Å²) < 4.78 is 0. The van der Waals surface area contributed by atoms with Gasteiger partial charge in [0, 0.05) is 18.2 Å². The number of anilines is 1. The van der Waals surface area contributed by atoms with E-state index in [0.717, 1.165) is 16.8 Å². The molecule has 0 atom stereocenters. The number of para-hydroxylation sites is 1. The molecule has 0 fully saturated rings. The summed E-state index contributed by atoms with van der Waals surface area (Å²) in [4.78, 5) is 0. The Morgan fingerprint density at radius 1 is 1.17 bits per heavy atom. The van der Waals surface area contributed by atoms with Crippen LogP contribution >= 0.6 is 0 Å².